The quantitative estimate of drug-likeness (QED) is 0.785. The Bertz CT molecular complexity index is 419. The topological polar surface area (TPSA) is 20.2 Å². The Kier molecular flexibility index (Phi) is 2.97. The SMILES string of the molecule is OCc1ccc(C2=CC=CCC2)c(F)c1. The fourth-order valence-corrected chi connectivity index (χ4v) is 1.74. The maximum Gasteiger partial charge on any atom is 0.131 e. The van der Waals surface area contributed by atoms with Crippen LogP contribution in [0.2, 0.25) is 0 Å². The van der Waals surface area contributed by atoms with Crippen LogP contribution in [-0.2, 0) is 6.61 Å². The summed E-state index contributed by atoms with van der Waals surface area (Å²) >= 11 is 0. The van der Waals surface area contributed by atoms with E-state index in [0.717, 1.165) is 18.4 Å². The van der Waals surface area contributed by atoms with Crippen molar-refractivity contribution in [1.29, 1.82) is 0 Å². The summed E-state index contributed by atoms with van der Waals surface area (Å²) in [5, 5.41) is 8.87. The minimum Gasteiger partial charge on any atom is -0.392 e. The monoisotopic (exact) mass is 204 g/mol. The molecule has 0 unspecified atom stereocenters. The second kappa shape index (κ2) is 4.41. The van der Waals surface area contributed by atoms with Crippen molar-refractivity contribution in [2.75, 3.05) is 0 Å². The first-order valence-corrected chi connectivity index (χ1v) is 5.06. The van der Waals surface area contributed by atoms with Gasteiger partial charge < -0.3 is 5.11 Å². The molecular formula is C13H13FO. The Morgan fingerprint density at radius 1 is 1.33 bits per heavy atom. The van der Waals surface area contributed by atoms with Crippen LogP contribution >= 0.6 is 0 Å². The summed E-state index contributed by atoms with van der Waals surface area (Å²) in [6.45, 7) is -0.115. The van der Waals surface area contributed by atoms with Crippen LogP contribution in [-0.4, -0.2) is 5.11 Å². The summed E-state index contributed by atoms with van der Waals surface area (Å²) in [6.07, 6.45) is 7.82. The van der Waals surface area contributed by atoms with Crippen LogP contribution in [0.5, 0.6) is 0 Å². The Morgan fingerprint density at radius 3 is 2.80 bits per heavy atom. The molecule has 0 bridgehead atoms. The molecule has 1 aliphatic carbocycles. The van der Waals surface area contributed by atoms with E-state index in [-0.39, 0.29) is 12.4 Å². The first kappa shape index (κ1) is 10.1. The average Bonchev–Trinajstić information content (AvgIpc) is 2.30. The molecule has 15 heavy (non-hydrogen) atoms. The molecule has 1 aliphatic rings. The van der Waals surface area contributed by atoms with Crippen molar-refractivity contribution in [3.8, 4) is 0 Å². The summed E-state index contributed by atoms with van der Waals surface area (Å²) < 4.78 is 13.6. The Labute approximate surface area is 88.6 Å². The van der Waals surface area contributed by atoms with Crippen LogP contribution < -0.4 is 0 Å². The molecule has 0 atom stereocenters. The predicted octanol–water partition coefficient (Wildman–Crippen LogP) is 3.05. The number of benzene rings is 1. The van der Waals surface area contributed by atoms with Gasteiger partial charge in [0.25, 0.3) is 0 Å². The molecule has 78 valence electrons. The van der Waals surface area contributed by atoms with Crippen LogP contribution in [0.25, 0.3) is 5.57 Å². The van der Waals surface area contributed by atoms with E-state index >= 15 is 0 Å². The van der Waals surface area contributed by atoms with E-state index in [1.165, 1.54) is 6.07 Å². The maximum atomic E-state index is 13.6. The summed E-state index contributed by atoms with van der Waals surface area (Å²) in [5.41, 5.74) is 2.29. The van der Waals surface area contributed by atoms with Crippen LogP contribution in [0.1, 0.15) is 24.0 Å². The molecule has 2 rings (SSSR count). The lowest BCUT2D eigenvalue weighted by molar-refractivity contribution is 0.281. The van der Waals surface area contributed by atoms with E-state index in [0.29, 0.717) is 11.1 Å². The van der Waals surface area contributed by atoms with Crippen molar-refractivity contribution >= 4 is 5.57 Å². The fourth-order valence-electron chi connectivity index (χ4n) is 1.74. The maximum absolute atomic E-state index is 13.6. The van der Waals surface area contributed by atoms with Gasteiger partial charge >= 0.3 is 0 Å². The fraction of sp³-hybridized carbons (Fsp3) is 0.231. The van der Waals surface area contributed by atoms with Crippen molar-refractivity contribution < 1.29 is 9.50 Å². The molecule has 0 radical (unpaired) electrons. The molecule has 2 heteroatoms. The summed E-state index contributed by atoms with van der Waals surface area (Å²) in [6, 6.07) is 4.90. The molecule has 0 fully saturated rings. The van der Waals surface area contributed by atoms with E-state index in [4.69, 9.17) is 5.11 Å². The summed E-state index contributed by atoms with van der Waals surface area (Å²) in [4.78, 5) is 0. The van der Waals surface area contributed by atoms with Crippen molar-refractivity contribution in [3.63, 3.8) is 0 Å². The lowest BCUT2D eigenvalue weighted by Crippen LogP contribution is -1.94. The third kappa shape index (κ3) is 2.16. The smallest absolute Gasteiger partial charge is 0.131 e. The molecular weight excluding hydrogens is 191 g/mol. The van der Waals surface area contributed by atoms with E-state index in [1.807, 2.05) is 12.2 Å². The highest BCUT2D eigenvalue weighted by atomic mass is 19.1. The lowest BCUT2D eigenvalue weighted by Gasteiger charge is -2.10. The third-order valence-electron chi connectivity index (χ3n) is 2.58. The minimum atomic E-state index is -0.247. The van der Waals surface area contributed by atoms with Gasteiger partial charge in [0.05, 0.1) is 6.61 Å². The molecule has 0 heterocycles. The molecule has 0 saturated heterocycles. The Balaban J connectivity index is 2.36. The molecule has 0 saturated carbocycles. The van der Waals surface area contributed by atoms with Gasteiger partial charge in [0.15, 0.2) is 0 Å². The second-order valence-electron chi connectivity index (χ2n) is 3.63. The van der Waals surface area contributed by atoms with Crippen LogP contribution in [0.15, 0.2) is 36.4 Å². The highest BCUT2D eigenvalue weighted by Crippen LogP contribution is 2.26. The van der Waals surface area contributed by atoms with E-state index < -0.39 is 0 Å². The van der Waals surface area contributed by atoms with Gasteiger partial charge in [0.2, 0.25) is 0 Å². The van der Waals surface area contributed by atoms with E-state index in [2.05, 4.69) is 6.08 Å². The van der Waals surface area contributed by atoms with E-state index in [1.54, 1.807) is 12.1 Å². The van der Waals surface area contributed by atoms with Gasteiger partial charge in [0, 0.05) is 5.56 Å². The predicted molar refractivity (Wildman–Crippen MR) is 58.7 cm³/mol. The number of hydrogen-bond acceptors (Lipinski definition) is 1. The van der Waals surface area contributed by atoms with Gasteiger partial charge in [-0.05, 0) is 30.0 Å². The highest BCUT2D eigenvalue weighted by molar-refractivity contribution is 5.68. The number of allylic oxidation sites excluding steroid dienone is 4. The zero-order valence-corrected chi connectivity index (χ0v) is 8.41. The first-order chi connectivity index (χ1) is 7.31. The van der Waals surface area contributed by atoms with Gasteiger partial charge in [-0.25, -0.2) is 4.39 Å². The lowest BCUT2D eigenvalue weighted by atomic mass is 9.96. The largest absolute Gasteiger partial charge is 0.392 e. The molecule has 1 aromatic rings. The molecule has 0 aliphatic heterocycles. The standard InChI is InChI=1S/C13H13FO/c14-13-8-10(9-15)6-7-12(13)11-4-2-1-3-5-11/h1-2,4,6-8,15H,3,5,9H2. The first-order valence-electron chi connectivity index (χ1n) is 5.06. The van der Waals surface area contributed by atoms with Crippen LogP contribution in [0.3, 0.4) is 0 Å². The van der Waals surface area contributed by atoms with Crippen molar-refractivity contribution in [3.05, 3.63) is 53.4 Å². The molecule has 1 aromatic carbocycles. The highest BCUT2D eigenvalue weighted by Gasteiger charge is 2.09. The van der Waals surface area contributed by atoms with Crippen LogP contribution in [0.4, 0.5) is 4.39 Å². The zero-order chi connectivity index (χ0) is 10.7. The molecule has 1 nitrogen and oxygen atoms in total. The molecule has 0 aromatic heterocycles. The van der Waals surface area contributed by atoms with Gasteiger partial charge in [-0.1, -0.05) is 30.4 Å². The molecule has 1 N–H and O–H groups in total. The number of rotatable bonds is 2. The average molecular weight is 204 g/mol. The second-order valence-corrected chi connectivity index (χ2v) is 3.63. The van der Waals surface area contributed by atoms with Crippen molar-refractivity contribution in [2.24, 2.45) is 0 Å². The summed E-state index contributed by atoms with van der Waals surface area (Å²) in [7, 11) is 0. The Hall–Kier alpha value is -1.41. The third-order valence-corrected chi connectivity index (χ3v) is 2.58. The van der Waals surface area contributed by atoms with Crippen LogP contribution in [0, 0.1) is 5.82 Å². The number of halogens is 1. The van der Waals surface area contributed by atoms with Crippen molar-refractivity contribution in [2.45, 2.75) is 19.4 Å². The van der Waals surface area contributed by atoms with Crippen molar-refractivity contribution in [1.82, 2.24) is 0 Å². The zero-order valence-electron chi connectivity index (χ0n) is 8.41. The van der Waals surface area contributed by atoms with Gasteiger partial charge in [-0.15, -0.1) is 0 Å². The van der Waals surface area contributed by atoms with Gasteiger partial charge in [-0.3, -0.25) is 0 Å². The normalized spacial score (nSPS) is 15.2. The molecule has 0 spiro atoms. The number of hydrogen-bond donors (Lipinski definition) is 1. The molecule has 0 amide bonds. The number of aliphatic hydroxyl groups is 1. The van der Waals surface area contributed by atoms with E-state index in [9.17, 15) is 4.39 Å². The van der Waals surface area contributed by atoms with Gasteiger partial charge in [-0.2, -0.15) is 0 Å². The summed E-state index contributed by atoms with van der Waals surface area (Å²) in [5.74, 6) is -0.247. The number of aliphatic hydroxyl groups excluding tert-OH is 1. The van der Waals surface area contributed by atoms with Gasteiger partial charge in [0.1, 0.15) is 5.82 Å². The minimum absolute atomic E-state index is 0.115. The Morgan fingerprint density at radius 2 is 2.20 bits per heavy atom.